The maximum atomic E-state index is 13.2. The van der Waals surface area contributed by atoms with E-state index in [-0.39, 0.29) is 25.7 Å². The molecule has 8 atom stereocenters. The lowest BCUT2D eigenvalue weighted by Crippen LogP contribution is -2.30. The zero-order chi connectivity index (χ0) is 79.3. The van der Waals surface area contributed by atoms with Crippen LogP contribution in [0.5, 0.6) is 0 Å². The van der Waals surface area contributed by atoms with Gasteiger partial charge in [-0.2, -0.15) is 0 Å². The highest BCUT2D eigenvalue weighted by atomic mass is 31.2. The Balaban J connectivity index is 5.23. The number of unbranched alkanes of at least 4 members (excludes halogenated alkanes) is 52. The Bertz CT molecular complexity index is 2080. The third kappa shape index (κ3) is 78.0. The van der Waals surface area contributed by atoms with Gasteiger partial charge >= 0.3 is 39.5 Å². The standard InChI is InChI=1S/C89H174O17P2/c1-8-12-13-14-15-16-42-49-56-63-70-86(91)99-76-84(105-89(94)73-66-59-52-45-38-32-26-24-29-35-41-48-55-62-69-82(7)11-4)78-103-107(95,96)101-74-83(90)75-102-108(97,98)104-79-85(77-100-87(92)71-64-57-50-43-36-30-25-23-28-34-40-47-54-61-68-81(6)10-3)106-88(93)72-65-58-51-44-37-31-22-20-18-17-19-21-27-33-39-46-53-60-67-80(5)9-2/h80-85,90H,8-79H2,1-7H3,(H,95,96)(H,97,98)/t80?,81?,82?,83-,84+,85+/m0/s1. The summed E-state index contributed by atoms with van der Waals surface area (Å²) in [5.41, 5.74) is 0. The SMILES string of the molecule is CCCCCCCCCCCCC(=O)OC[C@H](COP(=O)(O)OC[C@H](O)COP(=O)(O)OC[C@@H](COC(=O)CCCCCCCCCCCCCCCCC(C)CC)OC(=O)CCCCCCCCCCCCCCCCCCCCC(C)CC)OC(=O)CCCCCCCCCCCCCCCCC(C)CC. The predicted molar refractivity (Wildman–Crippen MR) is 446 cm³/mol. The van der Waals surface area contributed by atoms with Gasteiger partial charge in [0.15, 0.2) is 12.2 Å². The minimum Gasteiger partial charge on any atom is -0.462 e. The van der Waals surface area contributed by atoms with E-state index in [0.717, 1.165) is 108 Å². The van der Waals surface area contributed by atoms with Crippen LogP contribution < -0.4 is 0 Å². The smallest absolute Gasteiger partial charge is 0.462 e. The Hall–Kier alpha value is -1.94. The van der Waals surface area contributed by atoms with Gasteiger partial charge in [-0.1, -0.05) is 421 Å². The highest BCUT2D eigenvalue weighted by Gasteiger charge is 2.31. The molecule has 0 aliphatic heterocycles. The minimum atomic E-state index is -4.97. The maximum absolute atomic E-state index is 13.2. The van der Waals surface area contributed by atoms with Gasteiger partial charge in [0.2, 0.25) is 0 Å². The van der Waals surface area contributed by atoms with Gasteiger partial charge in [-0.05, 0) is 43.4 Å². The summed E-state index contributed by atoms with van der Waals surface area (Å²) in [7, 11) is -9.93. The number of carbonyl (C=O) groups excluding carboxylic acids is 4. The Labute approximate surface area is 664 Å². The normalized spacial score (nSPS) is 14.6. The van der Waals surface area contributed by atoms with Gasteiger partial charge in [-0.15, -0.1) is 0 Å². The highest BCUT2D eigenvalue weighted by Crippen LogP contribution is 2.45. The van der Waals surface area contributed by atoms with Crippen LogP contribution in [0.4, 0.5) is 0 Å². The molecule has 17 nitrogen and oxygen atoms in total. The lowest BCUT2D eigenvalue weighted by Gasteiger charge is -2.21. The summed E-state index contributed by atoms with van der Waals surface area (Å²) in [6.07, 6.45) is 70.6. The zero-order valence-corrected chi connectivity index (χ0v) is 73.1. The molecule has 0 aromatic heterocycles. The van der Waals surface area contributed by atoms with Gasteiger partial charge in [0.1, 0.15) is 19.3 Å². The number of aliphatic hydroxyl groups is 1. The molecule has 0 spiro atoms. The fourth-order valence-electron chi connectivity index (χ4n) is 13.8. The summed E-state index contributed by atoms with van der Waals surface area (Å²) < 4.78 is 69.0. The van der Waals surface area contributed by atoms with E-state index in [1.54, 1.807) is 0 Å². The van der Waals surface area contributed by atoms with Crippen LogP contribution in [0.15, 0.2) is 0 Å². The average molecular weight is 1580 g/mol. The lowest BCUT2D eigenvalue weighted by atomic mass is 9.99. The molecule has 0 saturated heterocycles. The molecule has 0 aromatic carbocycles. The molecule has 19 heteroatoms. The number of esters is 4. The van der Waals surface area contributed by atoms with E-state index in [0.29, 0.717) is 25.7 Å². The summed E-state index contributed by atoms with van der Waals surface area (Å²) >= 11 is 0. The monoisotopic (exact) mass is 1580 g/mol. The lowest BCUT2D eigenvalue weighted by molar-refractivity contribution is -0.161. The van der Waals surface area contributed by atoms with Crippen molar-refractivity contribution in [1.82, 2.24) is 0 Å². The Morgan fingerprint density at radius 1 is 0.259 bits per heavy atom. The maximum Gasteiger partial charge on any atom is 0.472 e. The van der Waals surface area contributed by atoms with Crippen molar-refractivity contribution in [3.63, 3.8) is 0 Å². The van der Waals surface area contributed by atoms with Crippen molar-refractivity contribution < 1.29 is 80.2 Å². The van der Waals surface area contributed by atoms with Crippen LogP contribution in [0, 0.1) is 17.8 Å². The number of phosphoric ester groups is 2. The highest BCUT2D eigenvalue weighted by molar-refractivity contribution is 7.47. The quantitative estimate of drug-likeness (QED) is 0.0222. The number of ether oxygens (including phenoxy) is 4. The Morgan fingerprint density at radius 3 is 0.657 bits per heavy atom. The molecule has 0 rings (SSSR count). The first-order valence-electron chi connectivity index (χ1n) is 46.0. The van der Waals surface area contributed by atoms with E-state index in [9.17, 15) is 43.2 Å². The van der Waals surface area contributed by atoms with Gasteiger partial charge in [0.05, 0.1) is 26.4 Å². The van der Waals surface area contributed by atoms with Gasteiger partial charge in [0.25, 0.3) is 0 Å². The molecular weight excluding hydrogens is 1400 g/mol. The van der Waals surface area contributed by atoms with Crippen LogP contribution in [-0.4, -0.2) is 96.7 Å². The first-order chi connectivity index (χ1) is 52.3. The van der Waals surface area contributed by atoms with Crippen molar-refractivity contribution in [3.05, 3.63) is 0 Å². The van der Waals surface area contributed by atoms with Crippen LogP contribution in [0.3, 0.4) is 0 Å². The van der Waals surface area contributed by atoms with Crippen LogP contribution in [-0.2, 0) is 65.4 Å². The van der Waals surface area contributed by atoms with Gasteiger partial charge in [0, 0.05) is 25.7 Å². The van der Waals surface area contributed by atoms with Crippen molar-refractivity contribution >= 4 is 39.5 Å². The van der Waals surface area contributed by atoms with E-state index in [1.165, 1.54) is 283 Å². The van der Waals surface area contributed by atoms with Crippen molar-refractivity contribution in [2.24, 2.45) is 17.8 Å². The molecule has 108 heavy (non-hydrogen) atoms. The van der Waals surface area contributed by atoms with Crippen LogP contribution in [0.25, 0.3) is 0 Å². The topological polar surface area (TPSA) is 237 Å². The van der Waals surface area contributed by atoms with E-state index in [1.807, 2.05) is 0 Å². The summed E-state index contributed by atoms with van der Waals surface area (Å²) in [6.45, 7) is 12.2. The molecule has 642 valence electrons. The summed E-state index contributed by atoms with van der Waals surface area (Å²) in [5.74, 6) is 0.467. The van der Waals surface area contributed by atoms with Crippen LogP contribution >= 0.6 is 15.6 Å². The van der Waals surface area contributed by atoms with E-state index >= 15 is 0 Å². The second-order valence-corrected chi connectivity index (χ2v) is 35.6. The number of phosphoric acid groups is 2. The molecule has 0 aliphatic rings. The van der Waals surface area contributed by atoms with Crippen molar-refractivity contribution in [3.8, 4) is 0 Å². The molecule has 0 aromatic rings. The predicted octanol–water partition coefficient (Wildman–Crippen LogP) is 27.3. The molecule has 0 radical (unpaired) electrons. The number of rotatable bonds is 87. The zero-order valence-electron chi connectivity index (χ0n) is 71.3. The Kier molecular flexibility index (Phi) is 77.5. The van der Waals surface area contributed by atoms with Gasteiger partial charge in [-0.3, -0.25) is 37.3 Å². The van der Waals surface area contributed by atoms with Crippen molar-refractivity contribution in [2.45, 2.75) is 491 Å². The molecule has 0 heterocycles. The number of hydrogen-bond donors (Lipinski definition) is 3. The van der Waals surface area contributed by atoms with Gasteiger partial charge < -0.3 is 33.8 Å². The number of aliphatic hydroxyl groups excluding tert-OH is 1. The Morgan fingerprint density at radius 2 is 0.444 bits per heavy atom. The molecular formula is C89H174O17P2. The van der Waals surface area contributed by atoms with E-state index in [2.05, 4.69) is 48.5 Å². The summed E-state index contributed by atoms with van der Waals surface area (Å²) in [5, 5.41) is 10.7. The average Bonchev–Trinajstić information content (AvgIpc) is 0.900. The van der Waals surface area contributed by atoms with E-state index in [4.69, 9.17) is 37.0 Å². The number of hydrogen-bond acceptors (Lipinski definition) is 15. The molecule has 0 amide bonds. The summed E-state index contributed by atoms with van der Waals surface area (Å²) in [6, 6.07) is 0. The molecule has 3 N–H and O–H groups in total. The third-order valence-electron chi connectivity index (χ3n) is 22.0. The number of carbonyl (C=O) groups is 4. The second kappa shape index (κ2) is 78.9. The van der Waals surface area contributed by atoms with Crippen LogP contribution in [0.2, 0.25) is 0 Å². The fourth-order valence-corrected chi connectivity index (χ4v) is 15.4. The largest absolute Gasteiger partial charge is 0.472 e. The molecule has 0 saturated carbocycles. The van der Waals surface area contributed by atoms with Crippen LogP contribution in [0.1, 0.15) is 472 Å². The van der Waals surface area contributed by atoms with Crippen molar-refractivity contribution in [1.29, 1.82) is 0 Å². The molecule has 0 fully saturated rings. The molecule has 0 bridgehead atoms. The van der Waals surface area contributed by atoms with Crippen molar-refractivity contribution in [2.75, 3.05) is 39.6 Å². The third-order valence-corrected chi connectivity index (χ3v) is 23.9. The minimum absolute atomic E-state index is 0.108. The first kappa shape index (κ1) is 106. The molecule has 5 unspecified atom stereocenters. The van der Waals surface area contributed by atoms with Gasteiger partial charge in [-0.25, -0.2) is 9.13 Å². The molecule has 0 aliphatic carbocycles. The summed E-state index contributed by atoms with van der Waals surface area (Å²) in [4.78, 5) is 73.3. The van der Waals surface area contributed by atoms with E-state index < -0.39 is 97.5 Å². The second-order valence-electron chi connectivity index (χ2n) is 32.7. The fraction of sp³-hybridized carbons (Fsp3) is 0.955. The first-order valence-corrected chi connectivity index (χ1v) is 49.0.